The van der Waals surface area contributed by atoms with Crippen LogP contribution in [0.3, 0.4) is 0 Å². The Morgan fingerprint density at radius 2 is 1.86 bits per heavy atom. The molecular weight excluding hydrogens is 264 g/mol. The van der Waals surface area contributed by atoms with Gasteiger partial charge >= 0.3 is 0 Å². The number of nitrogens with one attached hydrogen (secondary N) is 1. The van der Waals surface area contributed by atoms with Crippen LogP contribution in [0.2, 0.25) is 0 Å². The molecule has 0 bridgehead atoms. The summed E-state index contributed by atoms with van der Waals surface area (Å²) in [5, 5.41) is 3.70. The quantitative estimate of drug-likeness (QED) is 0.846. The molecule has 0 saturated heterocycles. The molecule has 0 aromatic heterocycles. The van der Waals surface area contributed by atoms with Crippen LogP contribution in [0.1, 0.15) is 44.7 Å². The fourth-order valence-electron chi connectivity index (χ4n) is 3.19. The molecule has 0 radical (unpaired) electrons. The highest BCUT2D eigenvalue weighted by molar-refractivity contribution is 5.40. The van der Waals surface area contributed by atoms with E-state index in [9.17, 15) is 0 Å². The van der Waals surface area contributed by atoms with E-state index in [0.29, 0.717) is 18.0 Å². The molecule has 4 heteroatoms. The molecule has 0 amide bonds. The van der Waals surface area contributed by atoms with Crippen LogP contribution in [0.15, 0.2) is 18.2 Å². The number of rotatable bonds is 6. The van der Waals surface area contributed by atoms with Gasteiger partial charge in [0.05, 0.1) is 14.2 Å². The molecule has 0 heterocycles. The number of ether oxygens (including phenoxy) is 2. The van der Waals surface area contributed by atoms with Crippen LogP contribution in [0.25, 0.3) is 0 Å². The molecule has 118 valence electrons. The Hall–Kier alpha value is -1.26. The molecule has 3 N–H and O–H groups in total. The summed E-state index contributed by atoms with van der Waals surface area (Å²) >= 11 is 0. The highest BCUT2D eigenvalue weighted by Crippen LogP contribution is 2.38. The third-order valence-electron chi connectivity index (χ3n) is 4.42. The third kappa shape index (κ3) is 4.11. The maximum Gasteiger partial charge on any atom is 0.122 e. The summed E-state index contributed by atoms with van der Waals surface area (Å²) in [5.74, 6) is 1.60. The Morgan fingerprint density at radius 1 is 1.24 bits per heavy atom. The molecule has 1 aromatic rings. The predicted octanol–water partition coefficient (Wildman–Crippen LogP) is 2.87. The summed E-state index contributed by atoms with van der Waals surface area (Å²) in [6.07, 6.45) is 3.68. The fraction of sp³-hybridized carbons (Fsp3) is 0.647. The number of nitrogens with two attached hydrogens (primary N) is 1. The van der Waals surface area contributed by atoms with Gasteiger partial charge in [-0.2, -0.15) is 0 Å². The Kier molecular flexibility index (Phi) is 5.12. The van der Waals surface area contributed by atoms with Crippen LogP contribution >= 0.6 is 0 Å². The van der Waals surface area contributed by atoms with Gasteiger partial charge in [0.2, 0.25) is 0 Å². The molecule has 2 atom stereocenters. The minimum absolute atomic E-state index is 0.132. The van der Waals surface area contributed by atoms with Crippen LogP contribution in [0, 0.1) is 5.41 Å². The van der Waals surface area contributed by atoms with E-state index in [1.165, 1.54) is 19.3 Å². The first kappa shape index (κ1) is 16.1. The second kappa shape index (κ2) is 6.67. The molecular formula is C17H28N2O2. The van der Waals surface area contributed by atoms with Gasteiger partial charge in [-0.15, -0.1) is 0 Å². The summed E-state index contributed by atoms with van der Waals surface area (Å²) in [4.78, 5) is 0. The third-order valence-corrected chi connectivity index (χ3v) is 4.42. The van der Waals surface area contributed by atoms with Crippen molar-refractivity contribution in [2.45, 2.75) is 45.2 Å². The zero-order valence-electron chi connectivity index (χ0n) is 13.6. The van der Waals surface area contributed by atoms with Gasteiger partial charge in [0.15, 0.2) is 0 Å². The lowest BCUT2D eigenvalue weighted by Crippen LogP contribution is -2.35. The molecule has 0 aliphatic heterocycles. The summed E-state index contributed by atoms with van der Waals surface area (Å²) in [6.45, 7) is 5.23. The van der Waals surface area contributed by atoms with E-state index in [2.05, 4.69) is 19.2 Å². The highest BCUT2D eigenvalue weighted by Gasteiger charge is 2.32. The van der Waals surface area contributed by atoms with E-state index in [1.807, 2.05) is 18.2 Å². The van der Waals surface area contributed by atoms with Crippen LogP contribution in [0.5, 0.6) is 11.5 Å². The van der Waals surface area contributed by atoms with Crippen molar-refractivity contribution in [2.75, 3.05) is 20.8 Å². The second-order valence-corrected chi connectivity index (χ2v) is 6.70. The van der Waals surface area contributed by atoms with Crippen LogP contribution in [0.4, 0.5) is 0 Å². The van der Waals surface area contributed by atoms with E-state index in [4.69, 9.17) is 15.2 Å². The molecule has 4 nitrogen and oxygen atoms in total. The monoisotopic (exact) mass is 292 g/mol. The maximum atomic E-state index is 5.99. The average molecular weight is 292 g/mol. The van der Waals surface area contributed by atoms with E-state index in [0.717, 1.165) is 17.1 Å². The Labute approximate surface area is 128 Å². The smallest absolute Gasteiger partial charge is 0.122 e. The van der Waals surface area contributed by atoms with Crippen molar-refractivity contribution >= 4 is 0 Å². The molecule has 0 spiro atoms. The first-order valence-electron chi connectivity index (χ1n) is 7.66. The topological polar surface area (TPSA) is 56.5 Å². The molecule has 1 aromatic carbocycles. The SMILES string of the molecule is COc1cc(OC)cc(C(CN)NC2CCC(C)(C)C2)c1. The van der Waals surface area contributed by atoms with Gasteiger partial charge in [-0.25, -0.2) is 0 Å². The standard InChI is InChI=1S/C17H28N2O2/c1-17(2)6-5-13(10-17)19-16(11-18)12-7-14(20-3)9-15(8-12)21-4/h7-9,13,16,19H,5-6,10-11,18H2,1-4H3. The van der Waals surface area contributed by atoms with Gasteiger partial charge in [0.25, 0.3) is 0 Å². The summed E-state index contributed by atoms with van der Waals surface area (Å²) in [5.41, 5.74) is 7.55. The van der Waals surface area contributed by atoms with Crippen molar-refractivity contribution in [1.82, 2.24) is 5.32 Å². The minimum Gasteiger partial charge on any atom is -0.497 e. The van der Waals surface area contributed by atoms with E-state index in [1.54, 1.807) is 14.2 Å². The van der Waals surface area contributed by atoms with Crippen molar-refractivity contribution < 1.29 is 9.47 Å². The lowest BCUT2D eigenvalue weighted by molar-refractivity contribution is 0.352. The summed E-state index contributed by atoms with van der Waals surface area (Å²) in [6, 6.07) is 6.62. The van der Waals surface area contributed by atoms with Crippen LogP contribution in [-0.2, 0) is 0 Å². The van der Waals surface area contributed by atoms with Crippen molar-refractivity contribution in [3.8, 4) is 11.5 Å². The van der Waals surface area contributed by atoms with Gasteiger partial charge in [-0.05, 0) is 42.4 Å². The van der Waals surface area contributed by atoms with Crippen LogP contribution in [-0.4, -0.2) is 26.8 Å². The highest BCUT2D eigenvalue weighted by atomic mass is 16.5. The van der Waals surface area contributed by atoms with E-state index in [-0.39, 0.29) is 6.04 Å². The normalized spacial score (nSPS) is 22.0. The van der Waals surface area contributed by atoms with Gasteiger partial charge in [0.1, 0.15) is 11.5 Å². The first-order chi connectivity index (χ1) is 9.97. The number of hydrogen-bond donors (Lipinski definition) is 2. The Bertz CT molecular complexity index is 452. The molecule has 1 aliphatic rings. The lowest BCUT2D eigenvalue weighted by atomic mass is 9.91. The molecule has 2 rings (SSSR count). The van der Waals surface area contributed by atoms with E-state index < -0.39 is 0 Å². The zero-order chi connectivity index (χ0) is 15.5. The summed E-state index contributed by atoms with van der Waals surface area (Å²) in [7, 11) is 3.34. The minimum atomic E-state index is 0.132. The summed E-state index contributed by atoms with van der Waals surface area (Å²) < 4.78 is 10.7. The molecule has 2 unspecified atom stereocenters. The van der Waals surface area contributed by atoms with Crippen molar-refractivity contribution in [1.29, 1.82) is 0 Å². The predicted molar refractivity (Wildman–Crippen MR) is 85.9 cm³/mol. The molecule has 1 fully saturated rings. The van der Waals surface area contributed by atoms with Crippen molar-refractivity contribution in [2.24, 2.45) is 11.1 Å². The van der Waals surface area contributed by atoms with Gasteiger partial charge < -0.3 is 20.5 Å². The number of methoxy groups -OCH3 is 2. The van der Waals surface area contributed by atoms with Crippen molar-refractivity contribution in [3.63, 3.8) is 0 Å². The van der Waals surface area contributed by atoms with E-state index >= 15 is 0 Å². The average Bonchev–Trinajstić information content (AvgIpc) is 2.83. The van der Waals surface area contributed by atoms with Gasteiger partial charge in [0, 0.05) is 24.7 Å². The van der Waals surface area contributed by atoms with Gasteiger partial charge in [-0.1, -0.05) is 13.8 Å². The molecule has 1 saturated carbocycles. The van der Waals surface area contributed by atoms with Crippen molar-refractivity contribution in [3.05, 3.63) is 23.8 Å². The molecule has 21 heavy (non-hydrogen) atoms. The Morgan fingerprint density at radius 3 is 2.29 bits per heavy atom. The fourth-order valence-corrected chi connectivity index (χ4v) is 3.19. The maximum absolute atomic E-state index is 5.99. The zero-order valence-corrected chi connectivity index (χ0v) is 13.6. The largest absolute Gasteiger partial charge is 0.497 e. The second-order valence-electron chi connectivity index (χ2n) is 6.70. The Balaban J connectivity index is 2.13. The lowest BCUT2D eigenvalue weighted by Gasteiger charge is -2.24. The number of benzene rings is 1. The molecule has 1 aliphatic carbocycles. The van der Waals surface area contributed by atoms with Gasteiger partial charge in [-0.3, -0.25) is 0 Å². The first-order valence-corrected chi connectivity index (χ1v) is 7.66. The number of hydrogen-bond acceptors (Lipinski definition) is 4. The van der Waals surface area contributed by atoms with Crippen LogP contribution < -0.4 is 20.5 Å².